The van der Waals surface area contributed by atoms with Gasteiger partial charge in [0, 0.05) is 11.6 Å². The van der Waals surface area contributed by atoms with Gasteiger partial charge in [-0.2, -0.15) is 0 Å². The Morgan fingerprint density at radius 1 is 1.20 bits per heavy atom. The molecule has 2 aromatic carbocycles. The molecule has 6 nitrogen and oxygen atoms in total. The third-order valence-electron chi connectivity index (χ3n) is 3.50. The smallest absolute Gasteiger partial charge is 0.407 e. The van der Waals surface area contributed by atoms with Gasteiger partial charge in [-0.15, -0.1) is 0 Å². The minimum Gasteiger partial charge on any atom is -0.497 e. The molecule has 0 radical (unpaired) electrons. The molecule has 2 atom stereocenters. The Morgan fingerprint density at radius 3 is 2.60 bits per heavy atom. The number of benzene rings is 2. The molecule has 0 aliphatic rings. The quantitative estimate of drug-likeness (QED) is 0.702. The highest BCUT2D eigenvalue weighted by Crippen LogP contribution is 2.26. The van der Waals surface area contributed by atoms with Crippen molar-refractivity contribution in [3.05, 3.63) is 64.7 Å². The zero-order valence-electron chi connectivity index (χ0n) is 13.7. The summed E-state index contributed by atoms with van der Waals surface area (Å²) in [6, 6.07) is 13.9. The SMILES string of the molecule is COc1cc(Cl)cc(C(O)C(O)CNC(=O)OCc2ccccc2)c1. The summed E-state index contributed by atoms with van der Waals surface area (Å²) >= 11 is 5.94. The molecule has 1 amide bonds. The van der Waals surface area contributed by atoms with Crippen LogP contribution >= 0.6 is 11.6 Å². The van der Waals surface area contributed by atoms with Crippen molar-refractivity contribution in [1.82, 2.24) is 5.32 Å². The highest BCUT2D eigenvalue weighted by molar-refractivity contribution is 6.30. The molecule has 0 fully saturated rings. The molecule has 25 heavy (non-hydrogen) atoms. The molecule has 0 aromatic heterocycles. The fourth-order valence-corrected chi connectivity index (χ4v) is 2.40. The standard InChI is InChI=1S/C18H20ClNO5/c1-24-15-8-13(7-14(19)9-15)17(22)16(21)10-20-18(23)25-11-12-5-3-2-4-6-12/h2-9,16-17,21-22H,10-11H2,1H3,(H,20,23). The number of hydrogen-bond acceptors (Lipinski definition) is 5. The Morgan fingerprint density at radius 2 is 1.92 bits per heavy atom. The molecule has 0 saturated carbocycles. The summed E-state index contributed by atoms with van der Waals surface area (Å²) in [5.41, 5.74) is 1.24. The summed E-state index contributed by atoms with van der Waals surface area (Å²) in [5, 5.41) is 23.0. The zero-order chi connectivity index (χ0) is 18.2. The molecule has 134 valence electrons. The van der Waals surface area contributed by atoms with E-state index in [1.54, 1.807) is 12.1 Å². The molecule has 0 spiro atoms. The molecule has 2 unspecified atom stereocenters. The molecule has 0 heterocycles. The first-order valence-corrected chi connectivity index (χ1v) is 8.02. The van der Waals surface area contributed by atoms with Crippen LogP contribution in [0, 0.1) is 0 Å². The van der Waals surface area contributed by atoms with Gasteiger partial charge in [-0.25, -0.2) is 4.79 Å². The lowest BCUT2D eigenvalue weighted by Gasteiger charge is -2.19. The van der Waals surface area contributed by atoms with Crippen LogP contribution in [0.5, 0.6) is 5.75 Å². The molecule has 0 aliphatic carbocycles. The van der Waals surface area contributed by atoms with Crippen LogP contribution in [0.25, 0.3) is 0 Å². The highest BCUT2D eigenvalue weighted by atomic mass is 35.5. The topological polar surface area (TPSA) is 88.0 Å². The number of ether oxygens (including phenoxy) is 2. The lowest BCUT2D eigenvalue weighted by atomic mass is 10.0. The predicted molar refractivity (Wildman–Crippen MR) is 93.6 cm³/mol. The number of halogens is 1. The number of carbonyl (C=O) groups is 1. The van der Waals surface area contributed by atoms with Gasteiger partial charge in [-0.1, -0.05) is 41.9 Å². The van der Waals surface area contributed by atoms with Gasteiger partial charge in [0.2, 0.25) is 0 Å². The number of nitrogens with one attached hydrogen (secondary N) is 1. The van der Waals surface area contributed by atoms with E-state index < -0.39 is 18.3 Å². The molecule has 0 saturated heterocycles. The number of aliphatic hydroxyl groups excluding tert-OH is 2. The van der Waals surface area contributed by atoms with Crippen LogP contribution in [-0.4, -0.2) is 36.1 Å². The first kappa shape index (κ1) is 19.1. The maximum Gasteiger partial charge on any atom is 0.407 e. The van der Waals surface area contributed by atoms with Gasteiger partial charge in [0.15, 0.2) is 0 Å². The Kier molecular flexibility index (Phi) is 7.06. The molecule has 3 N–H and O–H groups in total. The minimum absolute atomic E-state index is 0.122. The van der Waals surface area contributed by atoms with E-state index in [9.17, 15) is 15.0 Å². The second-order valence-corrected chi connectivity index (χ2v) is 5.82. The van der Waals surface area contributed by atoms with Crippen LogP contribution in [0.3, 0.4) is 0 Å². The van der Waals surface area contributed by atoms with Gasteiger partial charge in [0.25, 0.3) is 0 Å². The van der Waals surface area contributed by atoms with Gasteiger partial charge >= 0.3 is 6.09 Å². The van der Waals surface area contributed by atoms with Crippen molar-refractivity contribution in [2.45, 2.75) is 18.8 Å². The second-order valence-electron chi connectivity index (χ2n) is 5.38. The van der Waals surface area contributed by atoms with Crippen LogP contribution < -0.4 is 10.1 Å². The van der Waals surface area contributed by atoms with Gasteiger partial charge in [0.05, 0.1) is 7.11 Å². The van der Waals surface area contributed by atoms with E-state index in [0.717, 1.165) is 5.56 Å². The van der Waals surface area contributed by atoms with Crippen LogP contribution in [0.4, 0.5) is 4.79 Å². The monoisotopic (exact) mass is 365 g/mol. The minimum atomic E-state index is -1.23. The number of hydrogen-bond donors (Lipinski definition) is 3. The number of rotatable bonds is 7. The van der Waals surface area contributed by atoms with E-state index in [1.165, 1.54) is 13.2 Å². The number of aliphatic hydroxyl groups is 2. The predicted octanol–water partition coefficient (Wildman–Crippen LogP) is 2.67. The maximum atomic E-state index is 11.7. The van der Waals surface area contributed by atoms with Crippen LogP contribution in [-0.2, 0) is 11.3 Å². The van der Waals surface area contributed by atoms with Gasteiger partial charge in [0.1, 0.15) is 24.6 Å². The van der Waals surface area contributed by atoms with Gasteiger partial charge < -0.3 is 25.0 Å². The van der Waals surface area contributed by atoms with E-state index >= 15 is 0 Å². The summed E-state index contributed by atoms with van der Waals surface area (Å²) in [4.78, 5) is 11.7. The molecular weight excluding hydrogens is 346 g/mol. The third-order valence-corrected chi connectivity index (χ3v) is 3.72. The van der Waals surface area contributed by atoms with E-state index in [2.05, 4.69) is 5.32 Å². The van der Waals surface area contributed by atoms with Crippen LogP contribution in [0.1, 0.15) is 17.2 Å². The van der Waals surface area contributed by atoms with E-state index in [1.807, 2.05) is 30.3 Å². The van der Waals surface area contributed by atoms with Crippen molar-refractivity contribution < 1.29 is 24.5 Å². The van der Waals surface area contributed by atoms with Crippen LogP contribution in [0.2, 0.25) is 5.02 Å². The Labute approximate surface area is 151 Å². The van der Waals surface area contributed by atoms with Crippen molar-refractivity contribution in [3.63, 3.8) is 0 Å². The number of methoxy groups -OCH3 is 1. The summed E-state index contributed by atoms with van der Waals surface area (Å²) in [6.07, 6.45) is -3.15. The second kappa shape index (κ2) is 9.27. The van der Waals surface area contributed by atoms with E-state index in [4.69, 9.17) is 21.1 Å². The molecule has 0 bridgehead atoms. The lowest BCUT2D eigenvalue weighted by Crippen LogP contribution is -2.35. The largest absolute Gasteiger partial charge is 0.497 e. The first-order valence-electron chi connectivity index (χ1n) is 7.64. The number of carbonyl (C=O) groups excluding carboxylic acids is 1. The van der Waals surface area contributed by atoms with Crippen molar-refractivity contribution in [2.24, 2.45) is 0 Å². The summed E-state index contributed by atoms with van der Waals surface area (Å²) in [6.45, 7) is -0.0551. The summed E-state index contributed by atoms with van der Waals surface area (Å²) in [7, 11) is 1.47. The molecule has 0 aliphatic heterocycles. The van der Waals surface area contributed by atoms with Crippen molar-refractivity contribution in [1.29, 1.82) is 0 Å². The molecular formula is C18H20ClNO5. The summed E-state index contributed by atoms with van der Waals surface area (Å²) < 4.78 is 10.1. The number of amides is 1. The van der Waals surface area contributed by atoms with Crippen molar-refractivity contribution in [3.8, 4) is 5.75 Å². The molecule has 2 aromatic rings. The van der Waals surface area contributed by atoms with E-state index in [-0.39, 0.29) is 13.2 Å². The highest BCUT2D eigenvalue weighted by Gasteiger charge is 2.20. The normalized spacial score (nSPS) is 13.0. The number of alkyl carbamates (subject to hydrolysis) is 1. The zero-order valence-corrected chi connectivity index (χ0v) is 14.4. The fourth-order valence-electron chi connectivity index (χ4n) is 2.17. The fraction of sp³-hybridized carbons (Fsp3) is 0.278. The molecule has 7 heteroatoms. The average Bonchev–Trinajstić information content (AvgIpc) is 2.64. The Hall–Kier alpha value is -2.28. The van der Waals surface area contributed by atoms with Crippen molar-refractivity contribution in [2.75, 3.05) is 13.7 Å². The Balaban J connectivity index is 1.83. The van der Waals surface area contributed by atoms with E-state index in [0.29, 0.717) is 16.3 Å². The Bertz CT molecular complexity index is 695. The van der Waals surface area contributed by atoms with Gasteiger partial charge in [-0.05, 0) is 29.3 Å². The third kappa shape index (κ3) is 5.94. The average molecular weight is 366 g/mol. The van der Waals surface area contributed by atoms with Gasteiger partial charge in [-0.3, -0.25) is 0 Å². The molecule has 2 rings (SSSR count). The van der Waals surface area contributed by atoms with Crippen molar-refractivity contribution >= 4 is 17.7 Å². The maximum absolute atomic E-state index is 11.7. The lowest BCUT2D eigenvalue weighted by molar-refractivity contribution is 0.0183. The summed E-state index contributed by atoms with van der Waals surface area (Å²) in [5.74, 6) is 0.462. The first-order chi connectivity index (χ1) is 12.0. The van der Waals surface area contributed by atoms with Crippen LogP contribution in [0.15, 0.2) is 48.5 Å².